The maximum Gasteiger partial charge on any atom is 0.416 e. The normalized spacial score (nSPS) is 12.4. The van der Waals surface area contributed by atoms with Gasteiger partial charge in [0.1, 0.15) is 22.7 Å². The van der Waals surface area contributed by atoms with Gasteiger partial charge < -0.3 is 9.84 Å². The van der Waals surface area contributed by atoms with Crippen LogP contribution in [0.4, 0.5) is 17.6 Å². The zero-order valence-electron chi connectivity index (χ0n) is 21.7. The molecular weight excluding hydrogens is 566 g/mol. The van der Waals surface area contributed by atoms with E-state index in [9.17, 15) is 22.4 Å². The number of hydrogen-bond acceptors (Lipinski definition) is 4. The van der Waals surface area contributed by atoms with E-state index >= 15 is 0 Å². The van der Waals surface area contributed by atoms with Crippen molar-refractivity contribution in [3.63, 3.8) is 0 Å². The van der Waals surface area contributed by atoms with Crippen LogP contribution >= 0.6 is 22.9 Å². The second-order valence-corrected chi connectivity index (χ2v) is 10.8. The number of hydrogen-bond donors (Lipinski definition) is 1. The van der Waals surface area contributed by atoms with E-state index in [4.69, 9.17) is 26.4 Å². The molecular formula is C30H26ClF4NO3S. The van der Waals surface area contributed by atoms with Crippen LogP contribution in [0.25, 0.3) is 10.6 Å². The molecule has 0 saturated carbocycles. The first-order chi connectivity index (χ1) is 18.9. The van der Waals surface area contributed by atoms with Crippen molar-refractivity contribution < 1.29 is 32.2 Å². The van der Waals surface area contributed by atoms with Crippen LogP contribution in [0.1, 0.15) is 52.3 Å². The Kier molecular flexibility index (Phi) is 9.15. The molecule has 3 aromatic carbocycles. The molecule has 0 amide bonds. The van der Waals surface area contributed by atoms with Crippen molar-refractivity contribution in [2.45, 2.75) is 51.8 Å². The fourth-order valence-electron chi connectivity index (χ4n) is 4.32. The number of aryl methyl sites for hydroxylation is 3. The third kappa shape index (κ3) is 7.20. The van der Waals surface area contributed by atoms with E-state index in [2.05, 4.69) is 0 Å². The van der Waals surface area contributed by atoms with Crippen molar-refractivity contribution in [3.8, 4) is 16.3 Å². The number of rotatable bonds is 10. The summed E-state index contributed by atoms with van der Waals surface area (Å²) in [4.78, 5) is 16.4. The molecule has 1 atom stereocenters. The largest absolute Gasteiger partial charge is 0.485 e. The molecule has 40 heavy (non-hydrogen) atoms. The lowest BCUT2D eigenvalue weighted by Crippen LogP contribution is -2.06. The van der Waals surface area contributed by atoms with E-state index in [-0.39, 0.29) is 12.8 Å². The molecule has 0 saturated heterocycles. The highest BCUT2D eigenvalue weighted by atomic mass is 35.5. The van der Waals surface area contributed by atoms with Gasteiger partial charge in [0, 0.05) is 22.6 Å². The summed E-state index contributed by atoms with van der Waals surface area (Å²) in [6.07, 6.45) is -3.87. The molecule has 0 fully saturated rings. The minimum Gasteiger partial charge on any atom is -0.485 e. The fraction of sp³-hybridized carbons (Fsp3) is 0.267. The molecule has 1 aromatic heterocycles. The lowest BCUT2D eigenvalue weighted by molar-refractivity contribution is -0.138. The second kappa shape index (κ2) is 12.4. The quantitative estimate of drug-likeness (QED) is 0.187. The number of carboxylic acid groups (broad SMARTS) is 1. The SMILES string of the molecule is Cc1cc(OC(C)c2sc(-c3ccc(C(F)(F)F)cc3)nc2CCc2c(F)cccc2Cl)ccc1CCC(=O)O. The van der Waals surface area contributed by atoms with Crippen LogP contribution in [0.2, 0.25) is 5.02 Å². The van der Waals surface area contributed by atoms with Gasteiger partial charge in [-0.3, -0.25) is 4.79 Å². The fourth-order valence-corrected chi connectivity index (χ4v) is 5.68. The summed E-state index contributed by atoms with van der Waals surface area (Å²) in [6.45, 7) is 3.73. The average Bonchev–Trinajstić information content (AvgIpc) is 3.32. The van der Waals surface area contributed by atoms with Gasteiger partial charge in [0.05, 0.1) is 16.1 Å². The number of benzene rings is 3. The minimum absolute atomic E-state index is 0.0282. The number of halogens is 5. The molecule has 1 heterocycles. The lowest BCUT2D eigenvalue weighted by atomic mass is 10.0. The van der Waals surface area contributed by atoms with Gasteiger partial charge in [0.25, 0.3) is 0 Å². The van der Waals surface area contributed by atoms with E-state index in [1.807, 2.05) is 26.0 Å². The molecule has 4 rings (SSSR count). The molecule has 0 aliphatic carbocycles. The predicted molar refractivity (Wildman–Crippen MR) is 148 cm³/mol. The van der Waals surface area contributed by atoms with Crippen molar-refractivity contribution >= 4 is 28.9 Å². The monoisotopic (exact) mass is 591 g/mol. The topological polar surface area (TPSA) is 59.4 Å². The molecule has 10 heteroatoms. The number of nitrogens with zero attached hydrogens (tertiary/aromatic N) is 1. The highest BCUT2D eigenvalue weighted by Gasteiger charge is 2.30. The predicted octanol–water partition coefficient (Wildman–Crippen LogP) is 8.87. The molecule has 4 aromatic rings. The molecule has 1 N–H and O–H groups in total. The molecule has 0 aliphatic heterocycles. The Labute approximate surface area is 238 Å². The van der Waals surface area contributed by atoms with Crippen LogP contribution in [0.15, 0.2) is 60.7 Å². The highest BCUT2D eigenvalue weighted by Crippen LogP contribution is 2.37. The standard InChI is InChI=1S/C30H26ClF4NO3S/c1-17-16-22(12-8-19(17)9-15-27(37)38)39-18(2)28-26(14-13-23-24(31)4-3-5-25(23)32)36-29(40-28)20-6-10-21(11-7-20)30(33,34)35/h3-8,10-12,16,18H,9,13-15H2,1-2H3,(H,37,38). The zero-order chi connectivity index (χ0) is 29.0. The van der Waals surface area contributed by atoms with Gasteiger partial charge in [-0.05, 0) is 80.6 Å². The first-order valence-corrected chi connectivity index (χ1v) is 13.7. The molecule has 210 valence electrons. The Morgan fingerprint density at radius 1 is 1.07 bits per heavy atom. The van der Waals surface area contributed by atoms with Crippen molar-refractivity contribution in [2.24, 2.45) is 0 Å². The first-order valence-electron chi connectivity index (χ1n) is 12.5. The maximum atomic E-state index is 14.4. The van der Waals surface area contributed by atoms with Gasteiger partial charge in [-0.2, -0.15) is 13.2 Å². The van der Waals surface area contributed by atoms with E-state index in [0.717, 1.165) is 28.1 Å². The Balaban J connectivity index is 1.62. The summed E-state index contributed by atoms with van der Waals surface area (Å²) in [5.74, 6) is -0.710. The molecule has 1 unspecified atom stereocenters. The number of aliphatic carboxylic acids is 1. The number of ether oxygens (including phenoxy) is 1. The summed E-state index contributed by atoms with van der Waals surface area (Å²) in [6, 6.07) is 14.7. The Morgan fingerprint density at radius 3 is 2.42 bits per heavy atom. The van der Waals surface area contributed by atoms with Gasteiger partial charge >= 0.3 is 12.1 Å². The lowest BCUT2D eigenvalue weighted by Gasteiger charge is -2.16. The third-order valence-electron chi connectivity index (χ3n) is 6.46. The summed E-state index contributed by atoms with van der Waals surface area (Å²) < 4.78 is 59.8. The van der Waals surface area contributed by atoms with E-state index in [1.165, 1.54) is 35.6 Å². The van der Waals surface area contributed by atoms with Crippen LogP contribution in [0, 0.1) is 12.7 Å². The Bertz CT molecular complexity index is 1480. The van der Waals surface area contributed by atoms with Crippen LogP contribution in [0.3, 0.4) is 0 Å². The molecule has 4 nitrogen and oxygen atoms in total. The summed E-state index contributed by atoms with van der Waals surface area (Å²) >= 11 is 7.52. The number of aromatic nitrogens is 1. The molecule has 0 radical (unpaired) electrons. The van der Waals surface area contributed by atoms with Gasteiger partial charge in [-0.15, -0.1) is 11.3 Å². The van der Waals surface area contributed by atoms with Gasteiger partial charge in [0.15, 0.2) is 0 Å². The zero-order valence-corrected chi connectivity index (χ0v) is 23.3. The van der Waals surface area contributed by atoms with Crippen LogP contribution in [-0.2, 0) is 30.2 Å². The van der Waals surface area contributed by atoms with Gasteiger partial charge in [0.2, 0.25) is 0 Å². The van der Waals surface area contributed by atoms with Crippen molar-refractivity contribution in [3.05, 3.63) is 104 Å². The van der Waals surface area contributed by atoms with E-state index in [1.54, 1.807) is 12.1 Å². The van der Waals surface area contributed by atoms with Crippen molar-refractivity contribution in [2.75, 3.05) is 0 Å². The Morgan fingerprint density at radius 2 is 1.80 bits per heavy atom. The van der Waals surface area contributed by atoms with E-state index < -0.39 is 29.6 Å². The number of thiazole rings is 1. The maximum absolute atomic E-state index is 14.4. The number of carboxylic acids is 1. The number of carbonyl (C=O) groups is 1. The Hall–Kier alpha value is -3.43. The second-order valence-electron chi connectivity index (χ2n) is 9.35. The summed E-state index contributed by atoms with van der Waals surface area (Å²) in [7, 11) is 0. The third-order valence-corrected chi connectivity index (χ3v) is 8.13. The number of alkyl halides is 3. The van der Waals surface area contributed by atoms with Gasteiger partial charge in [-0.25, -0.2) is 9.37 Å². The van der Waals surface area contributed by atoms with Crippen molar-refractivity contribution in [1.29, 1.82) is 0 Å². The van der Waals surface area contributed by atoms with E-state index in [0.29, 0.717) is 45.4 Å². The highest BCUT2D eigenvalue weighted by molar-refractivity contribution is 7.15. The molecule has 0 bridgehead atoms. The smallest absolute Gasteiger partial charge is 0.416 e. The van der Waals surface area contributed by atoms with Crippen LogP contribution in [-0.4, -0.2) is 16.1 Å². The van der Waals surface area contributed by atoms with Gasteiger partial charge in [-0.1, -0.05) is 35.9 Å². The van der Waals surface area contributed by atoms with Crippen LogP contribution < -0.4 is 4.74 Å². The summed E-state index contributed by atoms with van der Waals surface area (Å²) in [5.41, 5.74) is 2.59. The first kappa shape index (κ1) is 29.6. The minimum atomic E-state index is -4.44. The van der Waals surface area contributed by atoms with Crippen LogP contribution in [0.5, 0.6) is 5.75 Å². The summed E-state index contributed by atoms with van der Waals surface area (Å²) in [5, 5.41) is 9.79. The van der Waals surface area contributed by atoms with Crippen molar-refractivity contribution in [1.82, 2.24) is 4.98 Å². The average molecular weight is 592 g/mol. The molecule has 0 aliphatic rings. The molecule has 0 spiro atoms.